The molecule has 0 aliphatic heterocycles. The average Bonchev–Trinajstić information content (AvgIpc) is 3.19. The second kappa shape index (κ2) is 38.7. The fourth-order valence-corrected chi connectivity index (χ4v) is 5.22. The van der Waals surface area contributed by atoms with Crippen LogP contribution in [0, 0.1) is 0 Å². The molecule has 0 fully saturated rings. The third-order valence-corrected chi connectivity index (χ3v) is 8.50. The van der Waals surface area contributed by atoms with E-state index in [2.05, 4.69) is 91.3 Å². The summed E-state index contributed by atoms with van der Waals surface area (Å²) in [7, 11) is -4.75. The summed E-state index contributed by atoms with van der Waals surface area (Å²) in [5.74, 6) is -2.53. The van der Waals surface area contributed by atoms with Gasteiger partial charge >= 0.3 is 25.7 Å². The molecule has 0 aromatic heterocycles. The minimum absolute atomic E-state index is 0.0941. The van der Waals surface area contributed by atoms with Crippen LogP contribution in [0.15, 0.2) is 122 Å². The lowest BCUT2D eigenvalue weighted by Crippen LogP contribution is -2.34. The number of rotatable bonds is 35. The maximum Gasteiger partial charge on any atom is 0.472 e. The highest BCUT2D eigenvalue weighted by Gasteiger charge is 2.28. The quantitative estimate of drug-likeness (QED) is 0.0183. The summed E-state index contributed by atoms with van der Waals surface area (Å²) in [6.45, 7) is 2.40. The Morgan fingerprint density at radius 3 is 1.60 bits per heavy atom. The Bertz CT molecular complexity index is 1420. The molecular weight excluding hydrogens is 745 g/mol. The summed E-state index contributed by atoms with van der Waals surface area (Å²) in [6.07, 6.45) is 51.4. The van der Waals surface area contributed by atoms with Gasteiger partial charge in [0.15, 0.2) is 6.10 Å². The van der Waals surface area contributed by atoms with Crippen LogP contribution in [0.2, 0.25) is 0 Å². The number of carbonyl (C=O) groups is 3. The Labute approximate surface area is 341 Å². The molecule has 12 heteroatoms. The van der Waals surface area contributed by atoms with Crippen LogP contribution in [0.25, 0.3) is 0 Å². The van der Waals surface area contributed by atoms with Crippen molar-refractivity contribution in [1.29, 1.82) is 0 Å². The van der Waals surface area contributed by atoms with Crippen molar-refractivity contribution in [3.8, 4) is 0 Å². The van der Waals surface area contributed by atoms with Crippen LogP contribution in [-0.4, -0.2) is 59.9 Å². The number of phosphoric acid groups is 1. The van der Waals surface area contributed by atoms with E-state index >= 15 is 0 Å². The van der Waals surface area contributed by atoms with Gasteiger partial charge in [0.25, 0.3) is 0 Å². The Balaban J connectivity index is 4.58. The monoisotopic (exact) mass is 813 g/mol. The van der Waals surface area contributed by atoms with Crippen LogP contribution in [0.1, 0.15) is 110 Å². The number of ether oxygens (including phenoxy) is 2. The van der Waals surface area contributed by atoms with Crippen molar-refractivity contribution in [3.63, 3.8) is 0 Å². The largest absolute Gasteiger partial charge is 0.480 e. The zero-order valence-corrected chi connectivity index (χ0v) is 35.0. The first kappa shape index (κ1) is 52.9. The number of carbonyl (C=O) groups excluding carboxylic acids is 2. The average molecular weight is 814 g/mol. The first-order valence-electron chi connectivity index (χ1n) is 20.1. The fourth-order valence-electron chi connectivity index (χ4n) is 4.44. The summed E-state index contributed by atoms with van der Waals surface area (Å²) < 4.78 is 32.5. The molecule has 0 aliphatic carbocycles. The summed E-state index contributed by atoms with van der Waals surface area (Å²) in [5.41, 5.74) is 5.31. The number of unbranched alkanes of at least 4 members (excludes halogenated alkanes) is 4. The molecule has 0 amide bonds. The van der Waals surface area contributed by atoms with E-state index in [0.29, 0.717) is 19.3 Å². The molecule has 0 radical (unpaired) electrons. The molecule has 0 aromatic rings. The molecule has 4 N–H and O–H groups in total. The number of carboxylic acids is 1. The van der Waals surface area contributed by atoms with Crippen LogP contribution in [0.4, 0.5) is 0 Å². The molecule has 0 aromatic carbocycles. The summed E-state index contributed by atoms with van der Waals surface area (Å²) in [4.78, 5) is 45.8. The smallest absolute Gasteiger partial charge is 0.472 e. The molecule has 0 saturated heterocycles. The van der Waals surface area contributed by atoms with Crippen LogP contribution in [-0.2, 0) is 37.5 Å². The van der Waals surface area contributed by atoms with Gasteiger partial charge in [0.2, 0.25) is 0 Å². The number of phosphoric ester groups is 1. The molecule has 0 aliphatic rings. The molecule has 0 rings (SSSR count). The van der Waals surface area contributed by atoms with Gasteiger partial charge in [-0.05, 0) is 77.0 Å². The van der Waals surface area contributed by atoms with E-state index in [-0.39, 0.29) is 12.8 Å². The molecule has 57 heavy (non-hydrogen) atoms. The molecule has 318 valence electrons. The molecular formula is C45H68NO10P. The topological polar surface area (TPSA) is 172 Å². The first-order valence-corrected chi connectivity index (χ1v) is 21.6. The summed E-state index contributed by atoms with van der Waals surface area (Å²) in [6, 6.07) is -1.54. The number of hydrogen-bond acceptors (Lipinski definition) is 9. The predicted molar refractivity (Wildman–Crippen MR) is 230 cm³/mol. The minimum atomic E-state index is -4.75. The minimum Gasteiger partial charge on any atom is -0.480 e. The van der Waals surface area contributed by atoms with Crippen molar-refractivity contribution >= 4 is 25.7 Å². The van der Waals surface area contributed by atoms with Crippen LogP contribution >= 0.6 is 7.82 Å². The summed E-state index contributed by atoms with van der Waals surface area (Å²) >= 11 is 0. The van der Waals surface area contributed by atoms with Crippen molar-refractivity contribution < 1.29 is 47.5 Å². The Morgan fingerprint density at radius 2 is 1.04 bits per heavy atom. The van der Waals surface area contributed by atoms with E-state index in [1.54, 1.807) is 0 Å². The summed E-state index contributed by atoms with van der Waals surface area (Å²) in [5, 5.41) is 8.87. The SMILES string of the molecule is CC/C=C/C=C/C=C/C=C/CCCCCC(=O)OC(COC(=O)CCC/C=C/C/C=C/C/C=C/C/C=C/C/C=C/C/C=C/CC)COP(=O)(O)OC[C@@H](N)C(=O)O. The molecule has 0 saturated carbocycles. The fraction of sp³-hybridized carbons (Fsp3) is 0.489. The van der Waals surface area contributed by atoms with E-state index < -0.39 is 57.7 Å². The lowest BCUT2D eigenvalue weighted by Gasteiger charge is -2.20. The molecule has 0 bridgehead atoms. The highest BCUT2D eigenvalue weighted by Crippen LogP contribution is 2.43. The lowest BCUT2D eigenvalue weighted by atomic mass is 10.1. The molecule has 3 atom stereocenters. The number of carboxylic acid groups (broad SMARTS) is 1. The number of nitrogens with two attached hydrogens (primary N) is 1. The van der Waals surface area contributed by atoms with Gasteiger partial charge in [-0.3, -0.25) is 23.4 Å². The van der Waals surface area contributed by atoms with Crippen molar-refractivity contribution in [3.05, 3.63) is 122 Å². The number of hydrogen-bond donors (Lipinski definition) is 3. The molecule has 11 nitrogen and oxygen atoms in total. The van der Waals surface area contributed by atoms with E-state index in [9.17, 15) is 23.8 Å². The lowest BCUT2D eigenvalue weighted by molar-refractivity contribution is -0.161. The van der Waals surface area contributed by atoms with Gasteiger partial charge in [0.1, 0.15) is 12.6 Å². The number of esters is 2. The zero-order valence-electron chi connectivity index (χ0n) is 34.1. The van der Waals surface area contributed by atoms with Crippen molar-refractivity contribution in [2.24, 2.45) is 5.73 Å². The first-order chi connectivity index (χ1) is 27.6. The van der Waals surface area contributed by atoms with Crippen LogP contribution in [0.5, 0.6) is 0 Å². The predicted octanol–water partition coefficient (Wildman–Crippen LogP) is 10.4. The molecule has 2 unspecified atom stereocenters. The molecule has 0 heterocycles. The van der Waals surface area contributed by atoms with E-state index in [1.807, 2.05) is 48.6 Å². The normalized spacial score (nSPS) is 15.0. The van der Waals surface area contributed by atoms with E-state index in [0.717, 1.165) is 64.2 Å². The van der Waals surface area contributed by atoms with Gasteiger partial charge in [0, 0.05) is 12.8 Å². The third-order valence-electron chi connectivity index (χ3n) is 7.55. The highest BCUT2D eigenvalue weighted by molar-refractivity contribution is 7.47. The third kappa shape index (κ3) is 38.5. The maximum atomic E-state index is 12.6. The van der Waals surface area contributed by atoms with Crippen LogP contribution < -0.4 is 5.73 Å². The van der Waals surface area contributed by atoms with Gasteiger partial charge in [-0.2, -0.15) is 0 Å². The van der Waals surface area contributed by atoms with Crippen LogP contribution in [0.3, 0.4) is 0 Å². The molecule has 0 spiro atoms. The van der Waals surface area contributed by atoms with Gasteiger partial charge in [-0.15, -0.1) is 0 Å². The Morgan fingerprint density at radius 1 is 0.561 bits per heavy atom. The Hall–Kier alpha value is -4.12. The standard InChI is InChI=1S/C45H68NO10P/c1-3-5-7-9-11-13-15-17-18-19-20-21-22-23-25-26-28-30-32-34-36-43(47)53-38-41(39-54-57(51,52)55-40-42(46)45(49)50)56-44(48)37-35-33-31-29-27-24-16-14-12-10-8-6-4-2/h5-8,10-14,16-18,20-21,23-25,27-28,30,41-42H,3-4,9,15,19,22,26,29,31-40,46H2,1-2H3,(H,49,50)(H,51,52)/b7-5+,8-6+,12-10+,13-11+,16-14+,18-17+,21-20+,25-23+,27-24+,30-28+/t41?,42-/m1/s1. The maximum absolute atomic E-state index is 12.6. The Kier molecular flexibility index (Phi) is 35.9. The van der Waals surface area contributed by atoms with Gasteiger partial charge in [-0.25, -0.2) is 4.57 Å². The van der Waals surface area contributed by atoms with E-state index in [1.165, 1.54) is 0 Å². The zero-order chi connectivity index (χ0) is 42.1. The van der Waals surface area contributed by atoms with Gasteiger partial charge in [0.05, 0.1) is 13.2 Å². The van der Waals surface area contributed by atoms with Crippen molar-refractivity contribution in [1.82, 2.24) is 0 Å². The van der Waals surface area contributed by atoms with Crippen molar-refractivity contribution in [2.45, 2.75) is 122 Å². The highest BCUT2D eigenvalue weighted by atomic mass is 31.2. The number of allylic oxidation sites excluding steroid dienone is 20. The van der Waals surface area contributed by atoms with Crippen molar-refractivity contribution in [2.75, 3.05) is 19.8 Å². The van der Waals surface area contributed by atoms with E-state index in [4.69, 9.17) is 24.8 Å². The second-order valence-corrected chi connectivity index (χ2v) is 14.2. The number of aliphatic carboxylic acids is 1. The van der Waals surface area contributed by atoms with Gasteiger partial charge in [-0.1, -0.05) is 142 Å². The van der Waals surface area contributed by atoms with Gasteiger partial charge < -0.3 is 25.2 Å². The second-order valence-electron chi connectivity index (χ2n) is 12.7.